The number of hydrogen-bond acceptors (Lipinski definition) is 4. The summed E-state index contributed by atoms with van der Waals surface area (Å²) in [6.45, 7) is 4.51. The first-order chi connectivity index (χ1) is 7.99. The second kappa shape index (κ2) is 9.30. The van der Waals surface area contributed by atoms with Crippen molar-refractivity contribution in [3.05, 3.63) is 0 Å². The molecule has 2 amide bonds. The minimum atomic E-state index is -0.455. The molecule has 0 saturated heterocycles. The van der Waals surface area contributed by atoms with E-state index >= 15 is 0 Å². The van der Waals surface area contributed by atoms with Crippen LogP contribution in [0.3, 0.4) is 0 Å². The molecule has 0 aliphatic heterocycles. The number of hydrogen-bond donors (Lipinski definition) is 3. The molecule has 6 heteroatoms. The molecule has 0 radical (unpaired) electrons. The topological polar surface area (TPSA) is 84.2 Å². The number of amides is 2. The molecule has 100 valence electrons. The maximum absolute atomic E-state index is 11.5. The number of nitrogens with one attached hydrogen (secondary N) is 2. The molecular formula is C11H23N3O2S. The molecule has 0 fully saturated rings. The molecule has 0 spiro atoms. The Kier molecular flexibility index (Phi) is 8.89. The van der Waals surface area contributed by atoms with Gasteiger partial charge in [-0.25, -0.2) is 0 Å². The average Bonchev–Trinajstić information content (AvgIpc) is 2.30. The van der Waals surface area contributed by atoms with Gasteiger partial charge in [0.15, 0.2) is 0 Å². The summed E-state index contributed by atoms with van der Waals surface area (Å²) in [6, 6.07) is -0.455. The van der Waals surface area contributed by atoms with Crippen molar-refractivity contribution in [2.24, 2.45) is 11.7 Å². The summed E-state index contributed by atoms with van der Waals surface area (Å²) < 4.78 is 0. The first-order valence-electron chi connectivity index (χ1n) is 5.79. The molecule has 0 unspecified atom stereocenters. The molecule has 0 saturated carbocycles. The molecule has 0 rings (SSSR count). The van der Waals surface area contributed by atoms with Gasteiger partial charge < -0.3 is 16.4 Å². The standard InChI is InChI=1S/C11H23N3O2S/c1-8(2)10(15)13-5-6-14-11(16)9(12)4-7-17-3/h8-9H,4-7,12H2,1-3H3,(H,13,15)(H,14,16)/t9-/m1/s1. The lowest BCUT2D eigenvalue weighted by atomic mass is 10.2. The molecule has 0 aromatic rings. The van der Waals surface area contributed by atoms with Crippen LogP contribution < -0.4 is 16.4 Å². The van der Waals surface area contributed by atoms with E-state index in [-0.39, 0.29) is 17.7 Å². The number of rotatable bonds is 8. The van der Waals surface area contributed by atoms with Gasteiger partial charge in [-0.2, -0.15) is 11.8 Å². The van der Waals surface area contributed by atoms with Crippen molar-refractivity contribution in [2.75, 3.05) is 25.1 Å². The molecule has 0 aromatic heterocycles. The van der Waals surface area contributed by atoms with Crippen molar-refractivity contribution >= 4 is 23.6 Å². The zero-order chi connectivity index (χ0) is 13.3. The van der Waals surface area contributed by atoms with Gasteiger partial charge in [-0.1, -0.05) is 13.8 Å². The van der Waals surface area contributed by atoms with Crippen molar-refractivity contribution in [1.29, 1.82) is 0 Å². The van der Waals surface area contributed by atoms with Crippen LogP contribution in [0.5, 0.6) is 0 Å². The highest BCUT2D eigenvalue weighted by Crippen LogP contribution is 1.98. The van der Waals surface area contributed by atoms with Crippen LogP contribution in [-0.2, 0) is 9.59 Å². The third-order valence-electron chi connectivity index (χ3n) is 2.22. The van der Waals surface area contributed by atoms with Crippen LogP contribution in [0.2, 0.25) is 0 Å². The third-order valence-corrected chi connectivity index (χ3v) is 2.86. The minimum Gasteiger partial charge on any atom is -0.354 e. The summed E-state index contributed by atoms with van der Waals surface area (Å²) in [5.41, 5.74) is 5.68. The Balaban J connectivity index is 3.60. The maximum atomic E-state index is 11.5. The highest BCUT2D eigenvalue weighted by molar-refractivity contribution is 7.98. The number of carbonyl (C=O) groups is 2. The van der Waals surface area contributed by atoms with Gasteiger partial charge >= 0.3 is 0 Å². The van der Waals surface area contributed by atoms with Gasteiger partial charge in [0, 0.05) is 19.0 Å². The third kappa shape index (κ3) is 8.04. The minimum absolute atomic E-state index is 0.00840. The Morgan fingerprint density at radius 2 is 1.71 bits per heavy atom. The highest BCUT2D eigenvalue weighted by atomic mass is 32.2. The normalized spacial score (nSPS) is 12.3. The van der Waals surface area contributed by atoms with E-state index in [4.69, 9.17) is 5.73 Å². The second-order valence-electron chi connectivity index (χ2n) is 4.12. The molecular weight excluding hydrogens is 238 g/mol. The summed E-state index contributed by atoms with van der Waals surface area (Å²) in [5.74, 6) is 0.678. The number of thioether (sulfide) groups is 1. The van der Waals surface area contributed by atoms with Crippen LogP contribution in [0.25, 0.3) is 0 Å². The molecule has 4 N–H and O–H groups in total. The van der Waals surface area contributed by atoms with E-state index in [2.05, 4.69) is 10.6 Å². The molecule has 0 aromatic carbocycles. The van der Waals surface area contributed by atoms with Crippen molar-refractivity contribution in [1.82, 2.24) is 10.6 Å². The van der Waals surface area contributed by atoms with Gasteiger partial charge in [0.05, 0.1) is 6.04 Å². The van der Waals surface area contributed by atoms with Gasteiger partial charge in [-0.15, -0.1) is 0 Å². The highest BCUT2D eigenvalue weighted by Gasteiger charge is 2.12. The van der Waals surface area contributed by atoms with E-state index in [1.54, 1.807) is 11.8 Å². The van der Waals surface area contributed by atoms with E-state index in [0.29, 0.717) is 19.5 Å². The number of nitrogens with two attached hydrogens (primary N) is 1. The fraction of sp³-hybridized carbons (Fsp3) is 0.818. The van der Waals surface area contributed by atoms with Crippen molar-refractivity contribution in [3.8, 4) is 0 Å². The molecule has 0 aliphatic carbocycles. The summed E-state index contributed by atoms with van der Waals surface area (Å²) in [4.78, 5) is 22.7. The Bertz CT molecular complexity index is 247. The zero-order valence-corrected chi connectivity index (χ0v) is 11.6. The molecule has 5 nitrogen and oxygen atoms in total. The summed E-state index contributed by atoms with van der Waals surface area (Å²) in [5, 5.41) is 5.42. The maximum Gasteiger partial charge on any atom is 0.237 e. The average molecular weight is 261 g/mol. The van der Waals surface area contributed by atoms with Crippen molar-refractivity contribution in [2.45, 2.75) is 26.3 Å². The van der Waals surface area contributed by atoms with E-state index in [0.717, 1.165) is 5.75 Å². The van der Waals surface area contributed by atoms with Crippen LogP contribution in [-0.4, -0.2) is 43.0 Å². The first kappa shape index (κ1) is 16.2. The van der Waals surface area contributed by atoms with Gasteiger partial charge in [0.1, 0.15) is 0 Å². The van der Waals surface area contributed by atoms with E-state index in [1.807, 2.05) is 20.1 Å². The molecule has 17 heavy (non-hydrogen) atoms. The Labute approximate surface area is 107 Å². The molecule has 0 heterocycles. The second-order valence-corrected chi connectivity index (χ2v) is 5.11. The lowest BCUT2D eigenvalue weighted by molar-refractivity contribution is -0.125. The molecule has 0 aliphatic rings. The summed E-state index contributed by atoms with van der Waals surface area (Å²) >= 11 is 1.67. The first-order valence-corrected chi connectivity index (χ1v) is 7.18. The predicted octanol–water partition coefficient (Wildman–Crippen LogP) is -0.0448. The lowest BCUT2D eigenvalue weighted by Gasteiger charge is -2.12. The molecule has 0 bridgehead atoms. The summed E-state index contributed by atoms with van der Waals surface area (Å²) in [7, 11) is 0. The zero-order valence-electron chi connectivity index (χ0n) is 10.8. The SMILES string of the molecule is CSCC[C@@H](N)C(=O)NCCNC(=O)C(C)C. The van der Waals surface area contributed by atoms with E-state index < -0.39 is 6.04 Å². The predicted molar refractivity (Wildman–Crippen MR) is 71.8 cm³/mol. The van der Waals surface area contributed by atoms with Gasteiger partial charge in [0.25, 0.3) is 0 Å². The van der Waals surface area contributed by atoms with Gasteiger partial charge in [-0.3, -0.25) is 9.59 Å². The monoisotopic (exact) mass is 261 g/mol. The Hall–Kier alpha value is -0.750. The largest absolute Gasteiger partial charge is 0.354 e. The van der Waals surface area contributed by atoms with Crippen LogP contribution in [0, 0.1) is 5.92 Å². The fourth-order valence-electron chi connectivity index (χ4n) is 1.08. The van der Waals surface area contributed by atoms with Gasteiger partial charge in [0.2, 0.25) is 11.8 Å². The van der Waals surface area contributed by atoms with Gasteiger partial charge in [-0.05, 0) is 18.4 Å². The van der Waals surface area contributed by atoms with E-state index in [9.17, 15) is 9.59 Å². The van der Waals surface area contributed by atoms with Crippen LogP contribution >= 0.6 is 11.8 Å². The lowest BCUT2D eigenvalue weighted by Crippen LogP contribution is -2.44. The Morgan fingerprint density at radius 1 is 1.18 bits per heavy atom. The summed E-state index contributed by atoms with van der Waals surface area (Å²) in [6.07, 6.45) is 2.65. The van der Waals surface area contributed by atoms with Crippen LogP contribution in [0.1, 0.15) is 20.3 Å². The number of carbonyl (C=O) groups excluding carboxylic acids is 2. The fourth-order valence-corrected chi connectivity index (χ4v) is 1.57. The van der Waals surface area contributed by atoms with Crippen molar-refractivity contribution in [3.63, 3.8) is 0 Å². The smallest absolute Gasteiger partial charge is 0.237 e. The molecule has 1 atom stereocenters. The quantitative estimate of drug-likeness (QED) is 0.535. The van der Waals surface area contributed by atoms with E-state index in [1.165, 1.54) is 0 Å². The van der Waals surface area contributed by atoms with Crippen LogP contribution in [0.4, 0.5) is 0 Å². The Morgan fingerprint density at radius 3 is 2.18 bits per heavy atom. The van der Waals surface area contributed by atoms with Crippen LogP contribution in [0.15, 0.2) is 0 Å². The van der Waals surface area contributed by atoms with Crippen molar-refractivity contribution < 1.29 is 9.59 Å².